The Labute approximate surface area is 129 Å². The molecule has 3 unspecified atom stereocenters. The molecule has 0 aromatic heterocycles. The molecular weight excluding hydrogens is 347 g/mol. The van der Waals surface area contributed by atoms with Crippen LogP contribution in [0, 0.1) is 16.4 Å². The van der Waals surface area contributed by atoms with Gasteiger partial charge in [-0.3, -0.25) is 0 Å². The van der Waals surface area contributed by atoms with Crippen LogP contribution in [0.4, 0.5) is 5.69 Å². The summed E-state index contributed by atoms with van der Waals surface area (Å²) in [4.78, 5) is 0. The number of rotatable bonds is 3. The van der Waals surface area contributed by atoms with Crippen molar-refractivity contribution in [1.29, 1.82) is 0 Å². The summed E-state index contributed by atoms with van der Waals surface area (Å²) in [5.41, 5.74) is 2.66. The maximum atomic E-state index is 3.79. The summed E-state index contributed by atoms with van der Waals surface area (Å²) < 4.78 is 1.36. The minimum Gasteiger partial charge on any atom is -0.382 e. The minimum atomic E-state index is 0.661. The molecule has 1 aromatic rings. The molecule has 1 aromatic carbocycles. The summed E-state index contributed by atoms with van der Waals surface area (Å²) >= 11 is 2.43. The molecule has 0 amide bonds. The van der Waals surface area contributed by atoms with Crippen LogP contribution in [0.1, 0.15) is 37.7 Å². The predicted octanol–water partition coefficient (Wildman–Crippen LogP) is 3.93. The van der Waals surface area contributed by atoms with Gasteiger partial charge in [0.05, 0.1) is 0 Å². The fourth-order valence-electron chi connectivity index (χ4n) is 3.62. The summed E-state index contributed by atoms with van der Waals surface area (Å²) in [6.45, 7) is 3.39. The highest BCUT2D eigenvalue weighted by molar-refractivity contribution is 14.1. The first kappa shape index (κ1) is 13.7. The van der Waals surface area contributed by atoms with Crippen LogP contribution in [0.2, 0.25) is 0 Å². The average Bonchev–Trinajstić information content (AvgIpc) is 3.04. The van der Waals surface area contributed by atoms with Crippen LogP contribution in [0.25, 0.3) is 0 Å². The van der Waals surface area contributed by atoms with E-state index in [1.807, 2.05) is 0 Å². The highest BCUT2D eigenvalue weighted by Gasteiger charge is 2.34. The molecule has 1 saturated carbocycles. The number of nitrogens with one attached hydrogen (secondary N) is 2. The normalized spacial score (nSPS) is 30.7. The van der Waals surface area contributed by atoms with Gasteiger partial charge in [0, 0.05) is 21.3 Å². The van der Waals surface area contributed by atoms with E-state index in [4.69, 9.17) is 0 Å². The molecule has 1 aliphatic carbocycles. The molecule has 0 spiro atoms. The van der Waals surface area contributed by atoms with Gasteiger partial charge in [0.25, 0.3) is 0 Å². The standard InChI is InChI=1S/C16H23IN2/c1-11-7-8-12(10-14(11)17)19-16-5-2-4-13(16)15-6-3-9-18-15/h7-8,10,13,15-16,18-19H,2-6,9H2,1H3. The molecule has 1 heterocycles. The molecule has 0 bridgehead atoms. The van der Waals surface area contributed by atoms with Gasteiger partial charge in [-0.25, -0.2) is 0 Å². The number of hydrogen-bond acceptors (Lipinski definition) is 2. The van der Waals surface area contributed by atoms with E-state index in [0.717, 1.165) is 12.0 Å². The van der Waals surface area contributed by atoms with E-state index >= 15 is 0 Å². The molecule has 3 atom stereocenters. The monoisotopic (exact) mass is 370 g/mol. The third kappa shape index (κ3) is 3.07. The second-order valence-electron chi connectivity index (χ2n) is 6.01. The Bertz CT molecular complexity index is 440. The van der Waals surface area contributed by atoms with Crippen molar-refractivity contribution in [2.24, 2.45) is 5.92 Å². The lowest BCUT2D eigenvalue weighted by atomic mass is 9.93. The van der Waals surface area contributed by atoms with E-state index < -0.39 is 0 Å². The zero-order valence-corrected chi connectivity index (χ0v) is 13.7. The summed E-state index contributed by atoms with van der Waals surface area (Å²) in [5.74, 6) is 0.821. The summed E-state index contributed by atoms with van der Waals surface area (Å²) in [7, 11) is 0. The lowest BCUT2D eigenvalue weighted by molar-refractivity contribution is 0.376. The van der Waals surface area contributed by atoms with E-state index in [1.165, 1.54) is 53.5 Å². The average molecular weight is 370 g/mol. The number of benzene rings is 1. The van der Waals surface area contributed by atoms with E-state index in [2.05, 4.69) is 58.3 Å². The SMILES string of the molecule is Cc1ccc(NC2CCCC2C2CCCN2)cc1I. The lowest BCUT2D eigenvalue weighted by Crippen LogP contribution is -2.38. The fraction of sp³-hybridized carbons (Fsp3) is 0.625. The van der Waals surface area contributed by atoms with Gasteiger partial charge in [-0.1, -0.05) is 12.5 Å². The van der Waals surface area contributed by atoms with Gasteiger partial charge in [0.1, 0.15) is 0 Å². The summed E-state index contributed by atoms with van der Waals surface area (Å²) in [5, 5.41) is 7.48. The maximum absolute atomic E-state index is 3.79. The van der Waals surface area contributed by atoms with Crippen molar-refractivity contribution >= 4 is 28.3 Å². The van der Waals surface area contributed by atoms with Gasteiger partial charge in [-0.05, 0) is 85.4 Å². The molecule has 1 saturated heterocycles. The highest BCUT2D eigenvalue weighted by atomic mass is 127. The summed E-state index contributed by atoms with van der Waals surface area (Å²) in [6.07, 6.45) is 6.82. The first-order valence-corrected chi connectivity index (χ1v) is 8.58. The molecular formula is C16H23IN2. The van der Waals surface area contributed by atoms with Crippen molar-refractivity contribution in [3.05, 3.63) is 27.3 Å². The summed E-state index contributed by atoms with van der Waals surface area (Å²) in [6, 6.07) is 8.16. The second-order valence-corrected chi connectivity index (χ2v) is 7.17. The predicted molar refractivity (Wildman–Crippen MR) is 89.7 cm³/mol. The highest BCUT2D eigenvalue weighted by Crippen LogP contribution is 2.34. The van der Waals surface area contributed by atoms with Crippen molar-refractivity contribution in [1.82, 2.24) is 5.32 Å². The van der Waals surface area contributed by atoms with Crippen LogP contribution in [-0.2, 0) is 0 Å². The van der Waals surface area contributed by atoms with Crippen molar-refractivity contribution in [3.8, 4) is 0 Å². The minimum absolute atomic E-state index is 0.661. The van der Waals surface area contributed by atoms with Crippen molar-refractivity contribution in [3.63, 3.8) is 0 Å². The third-order valence-corrected chi connectivity index (χ3v) is 5.87. The Balaban J connectivity index is 1.69. The molecule has 0 radical (unpaired) electrons. The Morgan fingerprint density at radius 1 is 1.21 bits per heavy atom. The van der Waals surface area contributed by atoms with Crippen LogP contribution >= 0.6 is 22.6 Å². The Morgan fingerprint density at radius 2 is 2.11 bits per heavy atom. The first-order chi connectivity index (χ1) is 9.24. The molecule has 2 fully saturated rings. The van der Waals surface area contributed by atoms with E-state index in [0.29, 0.717) is 6.04 Å². The van der Waals surface area contributed by atoms with Crippen molar-refractivity contribution in [2.45, 2.75) is 51.1 Å². The second kappa shape index (κ2) is 6.00. The van der Waals surface area contributed by atoms with Gasteiger partial charge in [0.15, 0.2) is 0 Å². The smallest absolute Gasteiger partial charge is 0.0353 e. The quantitative estimate of drug-likeness (QED) is 0.788. The van der Waals surface area contributed by atoms with Gasteiger partial charge < -0.3 is 10.6 Å². The van der Waals surface area contributed by atoms with Gasteiger partial charge in [-0.15, -0.1) is 0 Å². The number of halogens is 1. The molecule has 2 aliphatic rings. The zero-order chi connectivity index (χ0) is 13.2. The topological polar surface area (TPSA) is 24.1 Å². The third-order valence-electron chi connectivity index (χ3n) is 4.71. The van der Waals surface area contributed by atoms with Crippen LogP contribution < -0.4 is 10.6 Å². The van der Waals surface area contributed by atoms with Crippen molar-refractivity contribution < 1.29 is 0 Å². The number of anilines is 1. The molecule has 104 valence electrons. The van der Waals surface area contributed by atoms with Crippen LogP contribution in [0.3, 0.4) is 0 Å². The number of aryl methyl sites for hydroxylation is 1. The molecule has 2 N–H and O–H groups in total. The van der Waals surface area contributed by atoms with Crippen LogP contribution in [0.15, 0.2) is 18.2 Å². The fourth-order valence-corrected chi connectivity index (χ4v) is 4.14. The van der Waals surface area contributed by atoms with Crippen molar-refractivity contribution in [2.75, 3.05) is 11.9 Å². The van der Waals surface area contributed by atoms with Gasteiger partial charge in [-0.2, -0.15) is 0 Å². The van der Waals surface area contributed by atoms with Crippen LogP contribution in [-0.4, -0.2) is 18.6 Å². The molecule has 3 heteroatoms. The Hall–Kier alpha value is -0.290. The molecule has 19 heavy (non-hydrogen) atoms. The largest absolute Gasteiger partial charge is 0.382 e. The van der Waals surface area contributed by atoms with Gasteiger partial charge >= 0.3 is 0 Å². The molecule has 1 aliphatic heterocycles. The maximum Gasteiger partial charge on any atom is 0.0353 e. The van der Waals surface area contributed by atoms with E-state index in [1.54, 1.807) is 0 Å². The molecule has 3 rings (SSSR count). The van der Waals surface area contributed by atoms with Gasteiger partial charge in [0.2, 0.25) is 0 Å². The number of hydrogen-bond donors (Lipinski definition) is 2. The Morgan fingerprint density at radius 3 is 2.84 bits per heavy atom. The first-order valence-electron chi connectivity index (χ1n) is 7.50. The molecule has 2 nitrogen and oxygen atoms in total. The Kier molecular flexibility index (Phi) is 4.32. The van der Waals surface area contributed by atoms with Crippen LogP contribution in [0.5, 0.6) is 0 Å². The zero-order valence-electron chi connectivity index (χ0n) is 11.6. The van der Waals surface area contributed by atoms with E-state index in [9.17, 15) is 0 Å². The lowest BCUT2D eigenvalue weighted by Gasteiger charge is -2.27. The van der Waals surface area contributed by atoms with E-state index in [-0.39, 0.29) is 0 Å².